The molecule has 13 heavy (non-hydrogen) atoms. The zero-order valence-electron chi connectivity index (χ0n) is 9.43. The van der Waals surface area contributed by atoms with Gasteiger partial charge < -0.3 is 5.32 Å². The average molecular weight is 181 g/mol. The Labute approximate surface area is 82.6 Å². The van der Waals surface area contributed by atoms with Crippen LogP contribution < -0.4 is 5.32 Å². The van der Waals surface area contributed by atoms with Crippen molar-refractivity contribution in [3.8, 4) is 0 Å². The van der Waals surface area contributed by atoms with Gasteiger partial charge in [0.2, 0.25) is 0 Å². The van der Waals surface area contributed by atoms with E-state index in [1.165, 1.54) is 12.8 Å². The van der Waals surface area contributed by atoms with Crippen molar-refractivity contribution in [3.05, 3.63) is 11.6 Å². The molecule has 0 fully saturated rings. The van der Waals surface area contributed by atoms with Gasteiger partial charge in [-0.15, -0.1) is 0 Å². The first kappa shape index (κ1) is 10.8. The molecular weight excluding hydrogens is 158 g/mol. The lowest BCUT2D eigenvalue weighted by Gasteiger charge is -2.13. The van der Waals surface area contributed by atoms with Gasteiger partial charge in [0.1, 0.15) is 0 Å². The van der Waals surface area contributed by atoms with Crippen molar-refractivity contribution in [2.24, 2.45) is 17.8 Å². The van der Waals surface area contributed by atoms with Crippen LogP contribution in [0, 0.1) is 17.8 Å². The smallest absolute Gasteiger partial charge is 0.00463 e. The molecule has 0 heterocycles. The standard InChI is InChI=1S/C12H23N/c1-9(5-6-13-4)12-7-10(2)11(3)8-12/h7,9-11,13H,5-6,8H2,1-4H3. The minimum absolute atomic E-state index is 0.778. The lowest BCUT2D eigenvalue weighted by Crippen LogP contribution is -2.12. The Morgan fingerprint density at radius 3 is 2.69 bits per heavy atom. The van der Waals surface area contributed by atoms with Crippen molar-refractivity contribution in [1.29, 1.82) is 0 Å². The van der Waals surface area contributed by atoms with E-state index in [-0.39, 0.29) is 0 Å². The molecule has 1 aliphatic rings. The predicted octanol–water partition coefficient (Wildman–Crippen LogP) is 2.83. The SMILES string of the molecule is CNCCC(C)C1=CC(C)C(C)C1. The summed E-state index contributed by atoms with van der Waals surface area (Å²) in [6.45, 7) is 8.19. The molecule has 1 N–H and O–H groups in total. The Balaban J connectivity index is 2.40. The van der Waals surface area contributed by atoms with Crippen LogP contribution in [0.2, 0.25) is 0 Å². The molecule has 0 aromatic carbocycles. The molecule has 0 saturated heterocycles. The van der Waals surface area contributed by atoms with Crippen LogP contribution in [0.25, 0.3) is 0 Å². The molecule has 3 atom stereocenters. The lowest BCUT2D eigenvalue weighted by molar-refractivity contribution is 0.477. The fraction of sp³-hybridized carbons (Fsp3) is 0.833. The molecule has 0 aliphatic heterocycles. The summed E-state index contributed by atoms with van der Waals surface area (Å²) in [5.74, 6) is 2.44. The second-order valence-corrected chi connectivity index (χ2v) is 4.58. The Morgan fingerprint density at radius 1 is 1.54 bits per heavy atom. The van der Waals surface area contributed by atoms with Crippen molar-refractivity contribution in [2.45, 2.75) is 33.6 Å². The number of hydrogen-bond donors (Lipinski definition) is 1. The van der Waals surface area contributed by atoms with Crippen molar-refractivity contribution in [2.75, 3.05) is 13.6 Å². The van der Waals surface area contributed by atoms with Gasteiger partial charge in [0.25, 0.3) is 0 Å². The molecule has 0 spiro atoms. The van der Waals surface area contributed by atoms with Crippen LogP contribution in [0.15, 0.2) is 11.6 Å². The topological polar surface area (TPSA) is 12.0 Å². The maximum atomic E-state index is 3.22. The average Bonchev–Trinajstić information content (AvgIpc) is 2.43. The van der Waals surface area contributed by atoms with Crippen molar-refractivity contribution < 1.29 is 0 Å². The maximum absolute atomic E-state index is 3.22. The summed E-state index contributed by atoms with van der Waals surface area (Å²) in [7, 11) is 2.03. The summed E-state index contributed by atoms with van der Waals surface area (Å²) in [6, 6.07) is 0. The van der Waals surface area contributed by atoms with Crippen LogP contribution in [-0.2, 0) is 0 Å². The molecule has 0 bridgehead atoms. The van der Waals surface area contributed by atoms with E-state index >= 15 is 0 Å². The molecule has 0 radical (unpaired) electrons. The van der Waals surface area contributed by atoms with Gasteiger partial charge in [-0.2, -0.15) is 0 Å². The second kappa shape index (κ2) is 4.80. The zero-order valence-corrected chi connectivity index (χ0v) is 9.43. The minimum Gasteiger partial charge on any atom is -0.320 e. The zero-order chi connectivity index (χ0) is 9.84. The van der Waals surface area contributed by atoms with Crippen molar-refractivity contribution in [3.63, 3.8) is 0 Å². The predicted molar refractivity (Wildman–Crippen MR) is 58.7 cm³/mol. The Morgan fingerprint density at radius 2 is 2.23 bits per heavy atom. The summed E-state index contributed by atoms with van der Waals surface area (Å²) in [6.07, 6.45) is 5.10. The van der Waals surface area contributed by atoms with E-state index in [4.69, 9.17) is 0 Å². The highest BCUT2D eigenvalue weighted by molar-refractivity contribution is 5.15. The Hall–Kier alpha value is -0.300. The van der Waals surface area contributed by atoms with Crippen LogP contribution in [-0.4, -0.2) is 13.6 Å². The first-order valence-electron chi connectivity index (χ1n) is 5.50. The Bertz CT molecular complexity index is 184. The van der Waals surface area contributed by atoms with Crippen LogP contribution >= 0.6 is 0 Å². The van der Waals surface area contributed by atoms with Gasteiger partial charge >= 0.3 is 0 Å². The minimum atomic E-state index is 0.778. The van der Waals surface area contributed by atoms with Crippen molar-refractivity contribution in [1.82, 2.24) is 5.32 Å². The van der Waals surface area contributed by atoms with E-state index in [0.29, 0.717) is 0 Å². The summed E-state index contributed by atoms with van der Waals surface area (Å²) in [4.78, 5) is 0. The molecule has 1 nitrogen and oxygen atoms in total. The highest BCUT2D eigenvalue weighted by Gasteiger charge is 2.22. The van der Waals surface area contributed by atoms with Gasteiger partial charge in [-0.1, -0.05) is 32.4 Å². The number of nitrogens with one attached hydrogen (secondary N) is 1. The van der Waals surface area contributed by atoms with E-state index in [9.17, 15) is 0 Å². The fourth-order valence-corrected chi connectivity index (χ4v) is 2.04. The fourth-order valence-electron chi connectivity index (χ4n) is 2.04. The third-order valence-electron chi connectivity index (χ3n) is 3.39. The maximum Gasteiger partial charge on any atom is -0.00463 e. The highest BCUT2D eigenvalue weighted by Crippen LogP contribution is 2.34. The van der Waals surface area contributed by atoms with E-state index in [0.717, 1.165) is 24.3 Å². The quantitative estimate of drug-likeness (QED) is 0.658. The third-order valence-corrected chi connectivity index (χ3v) is 3.39. The van der Waals surface area contributed by atoms with E-state index in [1.807, 2.05) is 7.05 Å². The molecule has 0 saturated carbocycles. The molecule has 1 aliphatic carbocycles. The molecule has 1 rings (SSSR count). The number of rotatable bonds is 4. The van der Waals surface area contributed by atoms with Crippen LogP contribution in [0.5, 0.6) is 0 Å². The molecule has 1 heteroatoms. The van der Waals surface area contributed by atoms with Gasteiger partial charge in [0.05, 0.1) is 0 Å². The third kappa shape index (κ3) is 2.84. The van der Waals surface area contributed by atoms with Gasteiger partial charge in [0.15, 0.2) is 0 Å². The van der Waals surface area contributed by atoms with Crippen molar-refractivity contribution >= 4 is 0 Å². The lowest BCUT2D eigenvalue weighted by atomic mass is 9.94. The van der Waals surface area contributed by atoms with Gasteiger partial charge in [-0.25, -0.2) is 0 Å². The number of allylic oxidation sites excluding steroid dienone is 2. The van der Waals surface area contributed by atoms with Gasteiger partial charge in [0, 0.05) is 0 Å². The first-order chi connectivity index (χ1) is 6.15. The Kier molecular flexibility index (Phi) is 3.98. The van der Waals surface area contributed by atoms with Gasteiger partial charge in [-0.05, 0) is 44.2 Å². The molecular formula is C12H23N. The molecule has 3 unspecified atom stereocenters. The first-order valence-corrected chi connectivity index (χ1v) is 5.50. The normalized spacial score (nSPS) is 30.3. The van der Waals surface area contributed by atoms with Gasteiger partial charge in [-0.3, -0.25) is 0 Å². The van der Waals surface area contributed by atoms with E-state index in [1.54, 1.807) is 5.57 Å². The van der Waals surface area contributed by atoms with E-state index < -0.39 is 0 Å². The highest BCUT2D eigenvalue weighted by atomic mass is 14.8. The molecule has 0 aromatic rings. The molecule has 0 amide bonds. The summed E-state index contributed by atoms with van der Waals surface area (Å²) in [5, 5.41) is 3.22. The second-order valence-electron chi connectivity index (χ2n) is 4.58. The molecule has 0 aromatic heterocycles. The van der Waals surface area contributed by atoms with Crippen LogP contribution in [0.1, 0.15) is 33.6 Å². The van der Waals surface area contributed by atoms with Crippen LogP contribution in [0.4, 0.5) is 0 Å². The summed E-state index contributed by atoms with van der Waals surface area (Å²) >= 11 is 0. The van der Waals surface area contributed by atoms with E-state index in [2.05, 4.69) is 32.2 Å². The largest absolute Gasteiger partial charge is 0.320 e. The number of hydrogen-bond acceptors (Lipinski definition) is 1. The summed E-state index contributed by atoms with van der Waals surface area (Å²) < 4.78 is 0. The monoisotopic (exact) mass is 181 g/mol. The molecule has 76 valence electrons. The van der Waals surface area contributed by atoms with Crippen LogP contribution in [0.3, 0.4) is 0 Å². The summed E-state index contributed by atoms with van der Waals surface area (Å²) in [5.41, 5.74) is 1.69.